The molecule has 0 amide bonds. The van der Waals surface area contributed by atoms with Gasteiger partial charge in [0.05, 0.1) is 12.2 Å². The fourth-order valence-corrected chi connectivity index (χ4v) is 2.99. The van der Waals surface area contributed by atoms with Crippen LogP contribution in [0.1, 0.15) is 28.5 Å². The van der Waals surface area contributed by atoms with Gasteiger partial charge in [-0.15, -0.1) is 0 Å². The van der Waals surface area contributed by atoms with Crippen LogP contribution in [0.15, 0.2) is 18.5 Å². The first-order chi connectivity index (χ1) is 11.5. The highest BCUT2D eigenvalue weighted by Crippen LogP contribution is 2.35. The molecule has 2 aliphatic rings. The van der Waals surface area contributed by atoms with E-state index in [0.717, 1.165) is 36.6 Å². The molecule has 2 aromatic rings. The summed E-state index contributed by atoms with van der Waals surface area (Å²) >= 11 is 0. The maximum atomic E-state index is 12.1. The number of esters is 1. The molecule has 4 rings (SSSR count). The number of carboxylic acids is 1. The Morgan fingerprint density at radius 2 is 2.25 bits per heavy atom. The van der Waals surface area contributed by atoms with E-state index in [-0.39, 0.29) is 12.1 Å². The number of aliphatic carboxylic acids is 1. The lowest BCUT2D eigenvalue weighted by molar-refractivity contribution is -0.134. The molecule has 24 heavy (non-hydrogen) atoms. The third kappa shape index (κ3) is 2.88. The quantitative estimate of drug-likeness (QED) is 0.736. The number of pyridine rings is 1. The molecule has 1 atom stereocenters. The third-order valence-electron chi connectivity index (χ3n) is 3.96. The van der Waals surface area contributed by atoms with Gasteiger partial charge in [-0.2, -0.15) is 5.10 Å². The molecule has 0 aromatic carbocycles. The van der Waals surface area contributed by atoms with Gasteiger partial charge in [-0.3, -0.25) is 14.5 Å². The number of aromatic nitrogens is 3. The fourth-order valence-electron chi connectivity index (χ4n) is 2.99. The second kappa shape index (κ2) is 6.40. The van der Waals surface area contributed by atoms with Crippen molar-refractivity contribution < 1.29 is 19.4 Å². The minimum atomic E-state index is -0.833. The number of ether oxygens (including phenoxy) is 1. The maximum absolute atomic E-state index is 12.1. The van der Waals surface area contributed by atoms with Crippen molar-refractivity contribution in [1.82, 2.24) is 14.8 Å². The first-order valence-corrected chi connectivity index (χ1v) is 7.64. The van der Waals surface area contributed by atoms with Crippen LogP contribution in [-0.2, 0) is 28.9 Å². The molecule has 1 aliphatic heterocycles. The number of nitrogens with two attached hydrogens (primary N) is 1. The summed E-state index contributed by atoms with van der Waals surface area (Å²) in [7, 11) is 0. The molecular formula is C16H18N4O4. The van der Waals surface area contributed by atoms with Crippen molar-refractivity contribution >= 4 is 11.9 Å². The summed E-state index contributed by atoms with van der Waals surface area (Å²) in [6.07, 6.45) is 5.02. The average Bonchev–Trinajstić information content (AvgIpc) is 2.93. The first kappa shape index (κ1) is 16.1. The summed E-state index contributed by atoms with van der Waals surface area (Å²) in [4.78, 5) is 25.3. The lowest BCUT2D eigenvalue weighted by atomic mass is 9.90. The van der Waals surface area contributed by atoms with Crippen molar-refractivity contribution in [2.75, 3.05) is 6.54 Å². The molecule has 0 spiro atoms. The van der Waals surface area contributed by atoms with Crippen LogP contribution in [0.2, 0.25) is 0 Å². The lowest BCUT2D eigenvalue weighted by Crippen LogP contribution is -2.37. The summed E-state index contributed by atoms with van der Waals surface area (Å²) in [5.41, 5.74) is 10.3. The Labute approximate surface area is 138 Å². The van der Waals surface area contributed by atoms with E-state index >= 15 is 0 Å². The lowest BCUT2D eigenvalue weighted by Gasteiger charge is -2.23. The molecular weight excluding hydrogens is 312 g/mol. The van der Waals surface area contributed by atoms with Gasteiger partial charge in [0.2, 0.25) is 0 Å². The molecule has 0 saturated heterocycles. The van der Waals surface area contributed by atoms with Crippen LogP contribution in [0.25, 0.3) is 11.3 Å². The molecule has 1 aliphatic carbocycles. The number of carbonyl (C=O) groups excluding carboxylic acids is 1. The average molecular weight is 330 g/mol. The molecule has 0 radical (unpaired) electrons. The van der Waals surface area contributed by atoms with E-state index in [1.165, 1.54) is 5.56 Å². The number of nitrogens with zero attached hydrogens (tertiary/aromatic N) is 3. The smallest absolute Gasteiger partial charge is 0.357 e. The minimum Gasteiger partial charge on any atom is -0.481 e. The van der Waals surface area contributed by atoms with Gasteiger partial charge in [-0.1, -0.05) is 0 Å². The third-order valence-corrected chi connectivity index (χ3v) is 3.96. The molecule has 0 fully saturated rings. The van der Waals surface area contributed by atoms with E-state index in [2.05, 4.69) is 10.1 Å². The number of carbonyl (C=O) groups is 2. The zero-order valence-corrected chi connectivity index (χ0v) is 13.2. The Bertz CT molecular complexity index is 795. The molecule has 3 heterocycles. The van der Waals surface area contributed by atoms with E-state index in [9.17, 15) is 4.79 Å². The van der Waals surface area contributed by atoms with E-state index < -0.39 is 5.97 Å². The van der Waals surface area contributed by atoms with Crippen molar-refractivity contribution in [2.24, 2.45) is 5.73 Å². The molecule has 126 valence electrons. The van der Waals surface area contributed by atoms with Gasteiger partial charge in [-0.25, -0.2) is 4.79 Å². The highest BCUT2D eigenvalue weighted by Gasteiger charge is 2.34. The topological polar surface area (TPSA) is 120 Å². The standard InChI is InChI=1S/C14H14N4O2.C2H4O2/c15-5-9-7-18-13(14(19)20-9)11-2-1-8-6-16-4-3-10(8)12(11)17-18;1-2(3)4/h3-4,6,9H,1-2,5,7,15H2;1H3,(H,3,4). The predicted molar refractivity (Wildman–Crippen MR) is 84.4 cm³/mol. The largest absolute Gasteiger partial charge is 0.481 e. The Kier molecular flexibility index (Phi) is 4.30. The SMILES string of the molecule is CC(=O)O.NCC1Cn2nc3c(c2C(=O)O1)CCc1cnccc1-3. The van der Waals surface area contributed by atoms with Crippen LogP contribution >= 0.6 is 0 Å². The van der Waals surface area contributed by atoms with Gasteiger partial charge in [0, 0.05) is 37.0 Å². The summed E-state index contributed by atoms with van der Waals surface area (Å²) in [6, 6.07) is 1.96. The number of rotatable bonds is 1. The van der Waals surface area contributed by atoms with Gasteiger partial charge in [0.1, 0.15) is 11.8 Å². The second-order valence-electron chi connectivity index (χ2n) is 5.67. The van der Waals surface area contributed by atoms with Gasteiger partial charge < -0.3 is 15.6 Å². The van der Waals surface area contributed by atoms with Crippen LogP contribution in [0.5, 0.6) is 0 Å². The van der Waals surface area contributed by atoms with Crippen molar-refractivity contribution in [1.29, 1.82) is 0 Å². The molecule has 0 saturated carbocycles. The molecule has 8 heteroatoms. The number of carboxylic acid groups (broad SMARTS) is 1. The monoisotopic (exact) mass is 330 g/mol. The van der Waals surface area contributed by atoms with Crippen molar-refractivity contribution in [3.63, 3.8) is 0 Å². The Hall–Kier alpha value is -2.74. The summed E-state index contributed by atoms with van der Waals surface area (Å²) in [5, 5.41) is 12.0. The number of hydrogen-bond donors (Lipinski definition) is 2. The predicted octanol–water partition coefficient (Wildman–Crippen LogP) is 0.632. The Balaban J connectivity index is 0.000000383. The molecule has 2 aromatic heterocycles. The highest BCUT2D eigenvalue weighted by molar-refractivity contribution is 5.93. The van der Waals surface area contributed by atoms with E-state index in [1.807, 2.05) is 12.3 Å². The van der Waals surface area contributed by atoms with Gasteiger partial charge in [-0.05, 0) is 24.5 Å². The number of fused-ring (bicyclic) bond motifs is 5. The zero-order chi connectivity index (χ0) is 17.3. The van der Waals surface area contributed by atoms with Crippen LogP contribution in [-0.4, -0.2) is 44.5 Å². The fraction of sp³-hybridized carbons (Fsp3) is 0.375. The minimum absolute atomic E-state index is 0.284. The Morgan fingerprint density at radius 3 is 2.96 bits per heavy atom. The molecule has 1 unspecified atom stereocenters. The van der Waals surface area contributed by atoms with E-state index in [4.69, 9.17) is 20.4 Å². The van der Waals surface area contributed by atoms with Crippen molar-refractivity contribution in [3.05, 3.63) is 35.3 Å². The molecule has 0 bridgehead atoms. The highest BCUT2D eigenvalue weighted by atomic mass is 16.5. The van der Waals surface area contributed by atoms with Crippen LogP contribution in [0.4, 0.5) is 0 Å². The zero-order valence-electron chi connectivity index (χ0n) is 13.2. The summed E-state index contributed by atoms with van der Waals surface area (Å²) < 4.78 is 7.09. The number of hydrogen-bond acceptors (Lipinski definition) is 6. The number of aryl methyl sites for hydroxylation is 1. The summed E-state index contributed by atoms with van der Waals surface area (Å²) in [5.74, 6) is -1.14. The first-order valence-electron chi connectivity index (χ1n) is 7.64. The molecule has 3 N–H and O–H groups in total. The van der Waals surface area contributed by atoms with Gasteiger partial charge in [0.25, 0.3) is 5.97 Å². The van der Waals surface area contributed by atoms with Gasteiger partial charge >= 0.3 is 5.97 Å². The maximum Gasteiger partial charge on any atom is 0.357 e. The normalized spacial score (nSPS) is 17.6. The van der Waals surface area contributed by atoms with Crippen molar-refractivity contribution in [3.8, 4) is 11.3 Å². The van der Waals surface area contributed by atoms with Crippen LogP contribution < -0.4 is 5.73 Å². The van der Waals surface area contributed by atoms with E-state index in [0.29, 0.717) is 18.8 Å². The van der Waals surface area contributed by atoms with E-state index in [1.54, 1.807) is 10.9 Å². The van der Waals surface area contributed by atoms with Crippen molar-refractivity contribution in [2.45, 2.75) is 32.4 Å². The van der Waals surface area contributed by atoms with Gasteiger partial charge in [0.15, 0.2) is 0 Å². The second-order valence-corrected chi connectivity index (χ2v) is 5.67. The molecule has 8 nitrogen and oxygen atoms in total. The number of cyclic esters (lactones) is 1. The van der Waals surface area contributed by atoms with Crippen LogP contribution in [0.3, 0.4) is 0 Å². The Morgan fingerprint density at radius 1 is 1.50 bits per heavy atom. The van der Waals surface area contributed by atoms with Crippen LogP contribution in [0, 0.1) is 0 Å². The summed E-state index contributed by atoms with van der Waals surface area (Å²) in [6.45, 7) is 1.93.